The Morgan fingerprint density at radius 3 is 2.87 bits per heavy atom. The van der Waals surface area contributed by atoms with Crippen LogP contribution in [0.2, 0.25) is 0 Å². The standard InChI is InChI=1S/C15H13F3N4O/c1-9-7-11-13(21-8-9)20-5-6-22(11)14(23)12-10(15(16,17)18)3-2-4-19-12/h2-4,7-8H,5-6H2,1H3,(H,20,21). The molecule has 1 N–H and O–H groups in total. The van der Waals surface area contributed by atoms with Gasteiger partial charge in [0.1, 0.15) is 11.5 Å². The van der Waals surface area contributed by atoms with Crippen LogP contribution in [0.1, 0.15) is 21.6 Å². The fourth-order valence-corrected chi connectivity index (χ4v) is 2.45. The van der Waals surface area contributed by atoms with Crippen molar-refractivity contribution >= 4 is 17.4 Å². The SMILES string of the molecule is Cc1cnc2c(c1)N(C(=O)c1ncccc1C(F)(F)F)CCN2. The third kappa shape index (κ3) is 2.84. The van der Waals surface area contributed by atoms with Gasteiger partial charge in [-0.3, -0.25) is 9.78 Å². The summed E-state index contributed by atoms with van der Waals surface area (Å²) in [7, 11) is 0. The smallest absolute Gasteiger partial charge is 0.367 e. The largest absolute Gasteiger partial charge is 0.418 e. The summed E-state index contributed by atoms with van der Waals surface area (Å²) in [6.45, 7) is 2.44. The van der Waals surface area contributed by atoms with Gasteiger partial charge in [-0.25, -0.2) is 4.98 Å². The van der Waals surface area contributed by atoms with Crippen molar-refractivity contribution in [3.05, 3.63) is 47.4 Å². The molecule has 120 valence electrons. The van der Waals surface area contributed by atoms with Crippen LogP contribution in [-0.4, -0.2) is 29.0 Å². The van der Waals surface area contributed by atoms with Crippen molar-refractivity contribution in [1.82, 2.24) is 9.97 Å². The maximum Gasteiger partial charge on any atom is 0.418 e. The molecule has 23 heavy (non-hydrogen) atoms. The molecule has 1 amide bonds. The first-order chi connectivity index (χ1) is 10.9. The fraction of sp³-hybridized carbons (Fsp3) is 0.267. The molecule has 0 fully saturated rings. The number of amides is 1. The van der Waals surface area contributed by atoms with Gasteiger partial charge in [-0.1, -0.05) is 0 Å². The first-order valence-corrected chi connectivity index (χ1v) is 6.92. The fourth-order valence-electron chi connectivity index (χ4n) is 2.45. The summed E-state index contributed by atoms with van der Waals surface area (Å²) in [6.07, 6.45) is -1.83. The van der Waals surface area contributed by atoms with E-state index < -0.39 is 23.3 Å². The molecule has 0 spiro atoms. The lowest BCUT2D eigenvalue weighted by Gasteiger charge is -2.30. The molecule has 0 aromatic carbocycles. The van der Waals surface area contributed by atoms with Crippen molar-refractivity contribution in [3.63, 3.8) is 0 Å². The van der Waals surface area contributed by atoms with Gasteiger partial charge in [0.25, 0.3) is 5.91 Å². The minimum Gasteiger partial charge on any atom is -0.367 e. The van der Waals surface area contributed by atoms with Gasteiger partial charge in [0.2, 0.25) is 0 Å². The number of hydrogen-bond acceptors (Lipinski definition) is 4. The van der Waals surface area contributed by atoms with Gasteiger partial charge >= 0.3 is 6.18 Å². The number of nitrogens with zero attached hydrogens (tertiary/aromatic N) is 3. The van der Waals surface area contributed by atoms with Crippen LogP contribution in [0.3, 0.4) is 0 Å². The van der Waals surface area contributed by atoms with Crippen molar-refractivity contribution in [2.45, 2.75) is 13.1 Å². The van der Waals surface area contributed by atoms with E-state index in [4.69, 9.17) is 0 Å². The lowest BCUT2D eigenvalue weighted by atomic mass is 10.1. The van der Waals surface area contributed by atoms with Gasteiger partial charge in [-0.15, -0.1) is 0 Å². The van der Waals surface area contributed by atoms with Crippen LogP contribution in [-0.2, 0) is 6.18 Å². The Labute approximate surface area is 130 Å². The van der Waals surface area contributed by atoms with Crippen molar-refractivity contribution in [1.29, 1.82) is 0 Å². The highest BCUT2D eigenvalue weighted by Gasteiger charge is 2.38. The number of nitrogens with one attached hydrogen (secondary N) is 1. The lowest BCUT2D eigenvalue weighted by molar-refractivity contribution is -0.138. The van der Waals surface area contributed by atoms with E-state index in [9.17, 15) is 18.0 Å². The first kappa shape index (κ1) is 15.3. The molecule has 0 aliphatic carbocycles. The maximum absolute atomic E-state index is 13.1. The Kier molecular flexibility index (Phi) is 3.67. The number of carbonyl (C=O) groups excluding carboxylic acids is 1. The summed E-state index contributed by atoms with van der Waals surface area (Å²) in [6, 6.07) is 3.73. The number of alkyl halides is 3. The predicted molar refractivity (Wildman–Crippen MR) is 78.4 cm³/mol. The third-order valence-electron chi connectivity index (χ3n) is 3.48. The van der Waals surface area contributed by atoms with E-state index in [1.54, 1.807) is 19.2 Å². The molecule has 2 aromatic rings. The second kappa shape index (κ2) is 5.53. The minimum absolute atomic E-state index is 0.241. The molecule has 0 atom stereocenters. The highest BCUT2D eigenvalue weighted by atomic mass is 19.4. The average molecular weight is 322 g/mol. The second-order valence-electron chi connectivity index (χ2n) is 5.16. The number of halogens is 3. The topological polar surface area (TPSA) is 58.1 Å². The zero-order valence-electron chi connectivity index (χ0n) is 12.2. The van der Waals surface area contributed by atoms with Crippen LogP contribution >= 0.6 is 0 Å². The van der Waals surface area contributed by atoms with Crippen molar-refractivity contribution in [2.24, 2.45) is 0 Å². The molecule has 2 aromatic heterocycles. The summed E-state index contributed by atoms with van der Waals surface area (Å²) in [5.74, 6) is -0.312. The number of carbonyl (C=O) groups is 1. The van der Waals surface area contributed by atoms with Gasteiger partial charge in [-0.05, 0) is 30.7 Å². The molecule has 0 bridgehead atoms. The molecule has 0 saturated heterocycles. The molecule has 0 saturated carbocycles. The highest BCUT2D eigenvalue weighted by Crippen LogP contribution is 2.34. The van der Waals surface area contributed by atoms with Crippen LogP contribution in [0.4, 0.5) is 24.7 Å². The van der Waals surface area contributed by atoms with Crippen molar-refractivity contribution in [2.75, 3.05) is 23.3 Å². The Morgan fingerprint density at radius 2 is 2.13 bits per heavy atom. The molecular formula is C15H13F3N4O. The number of aromatic nitrogens is 2. The molecule has 3 rings (SSSR count). The molecule has 0 radical (unpaired) electrons. The van der Waals surface area contributed by atoms with E-state index in [0.717, 1.165) is 17.7 Å². The maximum atomic E-state index is 13.1. The lowest BCUT2D eigenvalue weighted by Crippen LogP contribution is -2.40. The monoisotopic (exact) mass is 322 g/mol. The van der Waals surface area contributed by atoms with Crippen LogP contribution in [0.25, 0.3) is 0 Å². The number of anilines is 2. The normalized spacial score (nSPS) is 14.2. The minimum atomic E-state index is -4.64. The van der Waals surface area contributed by atoms with Crippen LogP contribution < -0.4 is 10.2 Å². The first-order valence-electron chi connectivity index (χ1n) is 6.92. The third-order valence-corrected chi connectivity index (χ3v) is 3.48. The van der Waals surface area contributed by atoms with Crippen LogP contribution in [0, 0.1) is 6.92 Å². The van der Waals surface area contributed by atoms with Gasteiger partial charge in [-0.2, -0.15) is 13.2 Å². The zero-order valence-corrected chi connectivity index (χ0v) is 12.2. The summed E-state index contributed by atoms with van der Waals surface area (Å²) in [5.41, 5.74) is -0.373. The summed E-state index contributed by atoms with van der Waals surface area (Å²) < 4.78 is 39.3. The average Bonchev–Trinajstić information content (AvgIpc) is 2.53. The van der Waals surface area contributed by atoms with E-state index in [2.05, 4.69) is 15.3 Å². The predicted octanol–water partition coefficient (Wildman–Crippen LogP) is 2.88. The van der Waals surface area contributed by atoms with Crippen molar-refractivity contribution < 1.29 is 18.0 Å². The number of fused-ring (bicyclic) bond motifs is 1. The highest BCUT2D eigenvalue weighted by molar-refractivity contribution is 6.07. The van der Waals surface area contributed by atoms with E-state index in [-0.39, 0.29) is 6.54 Å². The number of aryl methyl sites for hydroxylation is 1. The van der Waals surface area contributed by atoms with Gasteiger partial charge in [0.05, 0.1) is 11.3 Å². The Morgan fingerprint density at radius 1 is 1.35 bits per heavy atom. The van der Waals surface area contributed by atoms with Gasteiger partial charge in [0.15, 0.2) is 0 Å². The van der Waals surface area contributed by atoms with E-state index in [1.165, 1.54) is 11.1 Å². The molecule has 0 unspecified atom stereocenters. The summed E-state index contributed by atoms with van der Waals surface area (Å²) >= 11 is 0. The Bertz CT molecular complexity index is 761. The van der Waals surface area contributed by atoms with Gasteiger partial charge < -0.3 is 10.2 Å². The van der Waals surface area contributed by atoms with E-state index in [1.807, 2.05) is 0 Å². The van der Waals surface area contributed by atoms with E-state index in [0.29, 0.717) is 18.1 Å². The molecule has 3 heterocycles. The summed E-state index contributed by atoms with van der Waals surface area (Å²) in [5, 5.41) is 3.02. The second-order valence-corrected chi connectivity index (χ2v) is 5.16. The molecule has 1 aliphatic heterocycles. The molecular weight excluding hydrogens is 309 g/mol. The van der Waals surface area contributed by atoms with Crippen LogP contribution in [0.15, 0.2) is 30.6 Å². The Balaban J connectivity index is 2.05. The van der Waals surface area contributed by atoms with E-state index >= 15 is 0 Å². The number of rotatable bonds is 1. The number of pyridine rings is 2. The quantitative estimate of drug-likeness (QED) is 0.877. The molecule has 8 heteroatoms. The van der Waals surface area contributed by atoms with Crippen molar-refractivity contribution in [3.8, 4) is 0 Å². The Hall–Kier alpha value is -2.64. The molecule has 1 aliphatic rings. The summed E-state index contributed by atoms with van der Waals surface area (Å²) in [4.78, 5) is 21.8. The van der Waals surface area contributed by atoms with Crippen LogP contribution in [0.5, 0.6) is 0 Å². The number of hydrogen-bond donors (Lipinski definition) is 1. The molecule has 5 nitrogen and oxygen atoms in total. The van der Waals surface area contributed by atoms with Gasteiger partial charge in [0, 0.05) is 25.5 Å². The zero-order chi connectivity index (χ0) is 16.6.